The molecule has 2 aliphatic rings. The van der Waals surface area contributed by atoms with Gasteiger partial charge in [-0.15, -0.1) is 10.2 Å². The fourth-order valence-corrected chi connectivity index (χ4v) is 4.10. The lowest BCUT2D eigenvalue weighted by molar-refractivity contribution is 0.0695. The van der Waals surface area contributed by atoms with Crippen molar-refractivity contribution in [3.63, 3.8) is 0 Å². The second-order valence-electron chi connectivity index (χ2n) is 7.45. The second-order valence-corrected chi connectivity index (χ2v) is 7.88. The van der Waals surface area contributed by atoms with Gasteiger partial charge in [-0.05, 0) is 49.2 Å². The Hall–Kier alpha value is -3.26. The Morgan fingerprint density at radius 3 is 2.90 bits per heavy atom. The first kappa shape index (κ1) is 19.7. The highest BCUT2D eigenvalue weighted by atomic mass is 35.5. The van der Waals surface area contributed by atoms with Gasteiger partial charge >= 0.3 is 0 Å². The summed E-state index contributed by atoms with van der Waals surface area (Å²) >= 11 is 6.10. The number of fused-ring (bicyclic) bond motifs is 1. The summed E-state index contributed by atoms with van der Waals surface area (Å²) in [6.07, 6.45) is 1.69. The highest BCUT2D eigenvalue weighted by molar-refractivity contribution is 6.31. The van der Waals surface area contributed by atoms with E-state index in [9.17, 15) is 4.79 Å². The molecule has 8 nitrogen and oxygen atoms in total. The van der Waals surface area contributed by atoms with Crippen molar-refractivity contribution in [2.75, 3.05) is 27.0 Å². The van der Waals surface area contributed by atoms with Crippen LogP contribution in [0.4, 0.5) is 0 Å². The Kier molecular flexibility index (Phi) is 5.15. The first-order chi connectivity index (χ1) is 15.1. The lowest BCUT2D eigenvalue weighted by atomic mass is 9.97. The van der Waals surface area contributed by atoms with Gasteiger partial charge in [0.2, 0.25) is 18.6 Å². The number of carbonyl (C=O) groups is 1. The molecule has 3 heterocycles. The van der Waals surface area contributed by atoms with Gasteiger partial charge in [0.1, 0.15) is 5.75 Å². The van der Waals surface area contributed by atoms with E-state index in [4.69, 9.17) is 30.2 Å². The summed E-state index contributed by atoms with van der Waals surface area (Å²) in [6.45, 7) is 1.34. The highest BCUT2D eigenvalue weighted by Crippen LogP contribution is 2.36. The Bertz CT molecular complexity index is 1130. The fraction of sp³-hybridized carbons (Fsp3) is 0.318. The van der Waals surface area contributed by atoms with Crippen molar-refractivity contribution >= 4 is 17.5 Å². The minimum absolute atomic E-state index is 0.0434. The number of benzene rings is 2. The molecule has 0 radical (unpaired) electrons. The molecule has 160 valence electrons. The minimum Gasteiger partial charge on any atom is -0.496 e. The third-order valence-electron chi connectivity index (χ3n) is 5.51. The molecule has 2 aliphatic heterocycles. The maximum absolute atomic E-state index is 13.1. The Labute approximate surface area is 183 Å². The molecule has 1 aromatic heterocycles. The van der Waals surface area contributed by atoms with Crippen LogP contribution >= 0.6 is 11.6 Å². The number of hydrogen-bond donors (Lipinski definition) is 0. The molecule has 9 heteroatoms. The molecule has 0 aliphatic carbocycles. The molecular weight excluding hydrogens is 422 g/mol. The van der Waals surface area contributed by atoms with Gasteiger partial charge in [-0.25, -0.2) is 0 Å². The average Bonchev–Trinajstić information content (AvgIpc) is 3.48. The molecule has 0 unspecified atom stereocenters. The van der Waals surface area contributed by atoms with Crippen LogP contribution in [0.3, 0.4) is 0 Å². The molecule has 0 N–H and O–H groups in total. The van der Waals surface area contributed by atoms with E-state index in [1.807, 2.05) is 18.2 Å². The van der Waals surface area contributed by atoms with Gasteiger partial charge in [-0.3, -0.25) is 4.79 Å². The number of halogens is 1. The van der Waals surface area contributed by atoms with E-state index in [2.05, 4.69) is 10.2 Å². The number of rotatable bonds is 4. The lowest BCUT2D eigenvalue weighted by Gasteiger charge is -2.31. The predicted molar refractivity (Wildman–Crippen MR) is 112 cm³/mol. The zero-order chi connectivity index (χ0) is 21.4. The fourth-order valence-electron chi connectivity index (χ4n) is 3.93. The summed E-state index contributed by atoms with van der Waals surface area (Å²) in [7, 11) is 1.54. The summed E-state index contributed by atoms with van der Waals surface area (Å²) in [5.74, 6) is 2.61. The number of hydrogen-bond acceptors (Lipinski definition) is 7. The molecule has 0 spiro atoms. The van der Waals surface area contributed by atoms with Crippen molar-refractivity contribution in [2.45, 2.75) is 18.8 Å². The van der Waals surface area contributed by atoms with Gasteiger partial charge < -0.3 is 23.5 Å². The SMILES string of the molecule is COc1ccc(Cl)cc1C(=O)N1CCC[C@H](c2nnc(-c3ccc4c(c3)OCO4)o2)C1. The van der Waals surface area contributed by atoms with Crippen molar-refractivity contribution in [3.05, 3.63) is 52.9 Å². The topological polar surface area (TPSA) is 86.9 Å². The Morgan fingerprint density at radius 2 is 2.03 bits per heavy atom. The summed E-state index contributed by atoms with van der Waals surface area (Å²) in [6, 6.07) is 10.5. The monoisotopic (exact) mass is 441 g/mol. The van der Waals surface area contributed by atoms with Crippen molar-refractivity contribution in [2.24, 2.45) is 0 Å². The van der Waals surface area contributed by atoms with Gasteiger partial charge in [0, 0.05) is 23.7 Å². The van der Waals surface area contributed by atoms with E-state index < -0.39 is 0 Å². The zero-order valence-electron chi connectivity index (χ0n) is 16.8. The smallest absolute Gasteiger partial charge is 0.257 e. The number of nitrogens with zero attached hydrogens (tertiary/aromatic N) is 3. The van der Waals surface area contributed by atoms with Crippen LogP contribution in [0, 0.1) is 0 Å². The molecule has 3 aromatic rings. The molecular formula is C22H20ClN3O5. The molecule has 31 heavy (non-hydrogen) atoms. The summed E-state index contributed by atoms with van der Waals surface area (Å²) in [5.41, 5.74) is 1.21. The van der Waals surface area contributed by atoms with Crippen molar-refractivity contribution in [1.82, 2.24) is 15.1 Å². The predicted octanol–water partition coefficient (Wildman–Crippen LogP) is 4.15. The first-order valence-corrected chi connectivity index (χ1v) is 10.4. The summed E-state index contributed by atoms with van der Waals surface area (Å²) in [4.78, 5) is 14.9. The van der Waals surface area contributed by atoms with Crippen LogP contribution in [0.5, 0.6) is 17.2 Å². The number of ether oxygens (including phenoxy) is 3. The number of likely N-dealkylation sites (tertiary alicyclic amines) is 1. The van der Waals surface area contributed by atoms with Crippen LogP contribution < -0.4 is 14.2 Å². The van der Waals surface area contributed by atoms with Crippen LogP contribution in [0.25, 0.3) is 11.5 Å². The third kappa shape index (κ3) is 3.79. The first-order valence-electron chi connectivity index (χ1n) is 9.98. The number of carbonyl (C=O) groups excluding carboxylic acids is 1. The average molecular weight is 442 g/mol. The number of piperidine rings is 1. The second kappa shape index (κ2) is 8.11. The van der Waals surface area contributed by atoms with Crippen LogP contribution in [-0.2, 0) is 0 Å². The van der Waals surface area contributed by atoms with E-state index in [1.165, 1.54) is 7.11 Å². The minimum atomic E-state index is -0.125. The van der Waals surface area contributed by atoms with Crippen molar-refractivity contribution in [1.29, 1.82) is 0 Å². The van der Waals surface area contributed by atoms with Gasteiger partial charge in [0.25, 0.3) is 5.91 Å². The largest absolute Gasteiger partial charge is 0.496 e. The maximum atomic E-state index is 13.1. The molecule has 1 atom stereocenters. The lowest BCUT2D eigenvalue weighted by Crippen LogP contribution is -2.39. The number of aromatic nitrogens is 2. The molecule has 0 saturated carbocycles. The van der Waals surface area contributed by atoms with Gasteiger partial charge in [-0.1, -0.05) is 11.6 Å². The van der Waals surface area contributed by atoms with E-state index in [1.54, 1.807) is 23.1 Å². The molecule has 0 bridgehead atoms. The normalized spacial score (nSPS) is 17.6. The molecule has 5 rings (SSSR count). The van der Waals surface area contributed by atoms with Gasteiger partial charge in [-0.2, -0.15) is 0 Å². The third-order valence-corrected chi connectivity index (χ3v) is 5.75. The standard InChI is InChI=1S/C22H20ClN3O5/c1-28-17-7-5-15(23)10-16(17)22(27)26-8-2-3-14(11-26)21-25-24-20(31-21)13-4-6-18-19(9-13)30-12-29-18/h4-7,9-10,14H,2-3,8,11-12H2,1H3/t14-/m0/s1. The van der Waals surface area contributed by atoms with Gasteiger partial charge in [0.15, 0.2) is 11.5 Å². The van der Waals surface area contributed by atoms with Gasteiger partial charge in [0.05, 0.1) is 18.6 Å². The van der Waals surface area contributed by atoms with Crippen LogP contribution in [-0.4, -0.2) is 48.0 Å². The highest BCUT2D eigenvalue weighted by Gasteiger charge is 2.30. The Morgan fingerprint density at radius 1 is 1.16 bits per heavy atom. The van der Waals surface area contributed by atoms with Crippen molar-refractivity contribution in [3.8, 4) is 28.7 Å². The quantitative estimate of drug-likeness (QED) is 0.601. The van der Waals surface area contributed by atoms with E-state index in [0.29, 0.717) is 52.7 Å². The molecule has 1 fully saturated rings. The molecule has 1 amide bonds. The van der Waals surface area contributed by atoms with Crippen LogP contribution in [0.15, 0.2) is 40.8 Å². The Balaban J connectivity index is 1.34. The number of amides is 1. The van der Waals surface area contributed by atoms with Crippen molar-refractivity contribution < 1.29 is 23.4 Å². The molecule has 2 aromatic carbocycles. The van der Waals surface area contributed by atoms with Crippen LogP contribution in [0.1, 0.15) is 35.0 Å². The van der Waals surface area contributed by atoms with E-state index in [0.717, 1.165) is 18.4 Å². The zero-order valence-corrected chi connectivity index (χ0v) is 17.6. The van der Waals surface area contributed by atoms with Crippen LogP contribution in [0.2, 0.25) is 5.02 Å². The summed E-state index contributed by atoms with van der Waals surface area (Å²) in [5, 5.41) is 8.94. The summed E-state index contributed by atoms with van der Waals surface area (Å²) < 4.78 is 22.1. The maximum Gasteiger partial charge on any atom is 0.257 e. The van der Waals surface area contributed by atoms with E-state index in [-0.39, 0.29) is 18.6 Å². The molecule has 1 saturated heterocycles. The number of methoxy groups -OCH3 is 1. The van der Waals surface area contributed by atoms with E-state index >= 15 is 0 Å².